The van der Waals surface area contributed by atoms with E-state index in [-0.39, 0.29) is 12.1 Å². The third-order valence-corrected chi connectivity index (χ3v) is 1.41. The lowest BCUT2D eigenvalue weighted by atomic mass is 10.3. The van der Waals surface area contributed by atoms with Gasteiger partial charge in [-0.2, -0.15) is 0 Å². The molecular weight excluding hydrogens is 196 g/mol. The summed E-state index contributed by atoms with van der Waals surface area (Å²) in [6, 6.07) is 0.289. The van der Waals surface area contributed by atoms with Gasteiger partial charge in [-0.1, -0.05) is 0 Å². The summed E-state index contributed by atoms with van der Waals surface area (Å²) in [5.41, 5.74) is 0.619. The quantitative estimate of drug-likeness (QED) is 0.756. The minimum absolute atomic E-state index is 0.0189. The molecular formula is C10H12N2O3. The molecule has 0 aromatic carbocycles. The molecule has 0 bridgehead atoms. The fraction of sp³-hybridized carbons (Fsp3) is 0.300. The molecule has 1 aromatic heterocycles. The molecule has 1 aromatic rings. The van der Waals surface area contributed by atoms with Gasteiger partial charge in [0, 0.05) is 24.0 Å². The lowest BCUT2D eigenvalue weighted by Crippen LogP contribution is -2.08. The Bertz CT molecular complexity index is 357. The Labute approximate surface area is 87.4 Å². The van der Waals surface area contributed by atoms with Crippen LogP contribution >= 0.6 is 0 Å². The molecule has 5 heteroatoms. The molecule has 0 aliphatic heterocycles. The second-order valence-corrected chi connectivity index (χ2v) is 3.14. The lowest BCUT2D eigenvalue weighted by molar-refractivity contribution is -0.131. The predicted octanol–water partition coefficient (Wildman–Crippen LogP) is 1.36. The van der Waals surface area contributed by atoms with Gasteiger partial charge < -0.3 is 9.84 Å². The molecule has 1 N–H and O–H groups in total. The summed E-state index contributed by atoms with van der Waals surface area (Å²) < 4.78 is 5.23. The number of aromatic nitrogens is 2. The molecule has 1 heterocycles. The third kappa shape index (κ3) is 4.21. The van der Waals surface area contributed by atoms with E-state index >= 15 is 0 Å². The van der Waals surface area contributed by atoms with Crippen LogP contribution in [0.3, 0.4) is 0 Å². The first kappa shape index (κ1) is 11.2. The summed E-state index contributed by atoms with van der Waals surface area (Å²) in [4.78, 5) is 18.1. The zero-order chi connectivity index (χ0) is 11.3. The predicted molar refractivity (Wildman–Crippen MR) is 54.5 cm³/mol. The van der Waals surface area contributed by atoms with Crippen LogP contribution in [0.5, 0.6) is 6.01 Å². The van der Waals surface area contributed by atoms with Crippen molar-refractivity contribution < 1.29 is 14.6 Å². The SMILES string of the molecule is CC(C)Oc1ncc(C=CC(=O)O)cn1. The normalized spacial score (nSPS) is 10.9. The van der Waals surface area contributed by atoms with Crippen molar-refractivity contribution >= 4 is 12.0 Å². The van der Waals surface area contributed by atoms with E-state index in [0.29, 0.717) is 5.56 Å². The van der Waals surface area contributed by atoms with Crippen LogP contribution in [0.2, 0.25) is 0 Å². The van der Waals surface area contributed by atoms with Gasteiger partial charge in [-0.15, -0.1) is 0 Å². The Morgan fingerprint density at radius 1 is 1.47 bits per heavy atom. The summed E-state index contributed by atoms with van der Waals surface area (Å²) in [5, 5.41) is 8.40. The van der Waals surface area contributed by atoms with E-state index in [9.17, 15) is 4.79 Å². The first-order valence-electron chi connectivity index (χ1n) is 4.47. The van der Waals surface area contributed by atoms with E-state index < -0.39 is 5.97 Å². The number of hydrogen-bond donors (Lipinski definition) is 1. The molecule has 0 amide bonds. The van der Waals surface area contributed by atoms with Crippen LogP contribution in [0.15, 0.2) is 18.5 Å². The van der Waals surface area contributed by atoms with Crippen LogP contribution < -0.4 is 4.74 Å². The van der Waals surface area contributed by atoms with Gasteiger partial charge in [0.05, 0.1) is 6.10 Å². The standard InChI is InChI=1S/C10H12N2O3/c1-7(2)15-10-11-5-8(6-12-10)3-4-9(13)14/h3-7H,1-2H3,(H,13,14). The second-order valence-electron chi connectivity index (χ2n) is 3.14. The summed E-state index contributed by atoms with van der Waals surface area (Å²) in [7, 11) is 0. The number of rotatable bonds is 4. The summed E-state index contributed by atoms with van der Waals surface area (Å²) in [5.74, 6) is -1.00. The highest BCUT2D eigenvalue weighted by Crippen LogP contribution is 2.05. The van der Waals surface area contributed by atoms with Gasteiger partial charge in [0.25, 0.3) is 0 Å². The largest absolute Gasteiger partial charge is 0.478 e. The maximum absolute atomic E-state index is 10.2. The number of carbonyl (C=O) groups is 1. The highest BCUT2D eigenvalue weighted by molar-refractivity contribution is 5.85. The summed E-state index contributed by atoms with van der Waals surface area (Å²) >= 11 is 0. The lowest BCUT2D eigenvalue weighted by Gasteiger charge is -2.06. The number of carboxylic acid groups (broad SMARTS) is 1. The van der Waals surface area contributed by atoms with Crippen molar-refractivity contribution in [3.63, 3.8) is 0 Å². The first-order valence-corrected chi connectivity index (χ1v) is 4.47. The van der Waals surface area contributed by atoms with Crippen LogP contribution in [0, 0.1) is 0 Å². The minimum atomic E-state index is -1.00. The van der Waals surface area contributed by atoms with Crippen molar-refractivity contribution in [2.24, 2.45) is 0 Å². The van der Waals surface area contributed by atoms with Gasteiger partial charge in [-0.05, 0) is 19.9 Å². The van der Waals surface area contributed by atoms with E-state index in [4.69, 9.17) is 9.84 Å². The summed E-state index contributed by atoms with van der Waals surface area (Å²) in [6.45, 7) is 3.75. The average Bonchev–Trinajstić information content (AvgIpc) is 2.16. The van der Waals surface area contributed by atoms with Crippen molar-refractivity contribution in [1.82, 2.24) is 9.97 Å². The van der Waals surface area contributed by atoms with Crippen molar-refractivity contribution in [2.45, 2.75) is 20.0 Å². The van der Waals surface area contributed by atoms with E-state index in [1.54, 1.807) is 0 Å². The maximum atomic E-state index is 10.2. The van der Waals surface area contributed by atoms with E-state index in [1.165, 1.54) is 18.5 Å². The fourth-order valence-electron chi connectivity index (χ4n) is 0.851. The molecule has 15 heavy (non-hydrogen) atoms. The highest BCUT2D eigenvalue weighted by Gasteiger charge is 1.99. The van der Waals surface area contributed by atoms with Gasteiger partial charge >= 0.3 is 12.0 Å². The van der Waals surface area contributed by atoms with Crippen LogP contribution in [0.1, 0.15) is 19.4 Å². The molecule has 1 rings (SSSR count). The fourth-order valence-corrected chi connectivity index (χ4v) is 0.851. The molecule has 0 atom stereocenters. The molecule has 0 aliphatic carbocycles. The first-order chi connectivity index (χ1) is 7.08. The Morgan fingerprint density at radius 3 is 2.53 bits per heavy atom. The number of nitrogens with zero attached hydrogens (tertiary/aromatic N) is 2. The zero-order valence-electron chi connectivity index (χ0n) is 8.54. The Morgan fingerprint density at radius 2 is 2.07 bits per heavy atom. The Hall–Kier alpha value is -1.91. The number of aliphatic carboxylic acids is 1. The minimum Gasteiger partial charge on any atom is -0.478 e. The van der Waals surface area contributed by atoms with E-state index in [2.05, 4.69) is 9.97 Å². The maximum Gasteiger partial charge on any atom is 0.328 e. The van der Waals surface area contributed by atoms with Gasteiger partial charge in [-0.3, -0.25) is 0 Å². The van der Waals surface area contributed by atoms with Crippen molar-refractivity contribution in [3.8, 4) is 6.01 Å². The zero-order valence-corrected chi connectivity index (χ0v) is 8.54. The van der Waals surface area contributed by atoms with Crippen LogP contribution in [-0.4, -0.2) is 27.1 Å². The molecule has 0 aliphatic rings. The number of ether oxygens (including phenoxy) is 1. The van der Waals surface area contributed by atoms with E-state index in [0.717, 1.165) is 6.08 Å². The Balaban J connectivity index is 2.68. The molecule has 0 fully saturated rings. The van der Waals surface area contributed by atoms with E-state index in [1.807, 2.05) is 13.8 Å². The summed E-state index contributed by atoms with van der Waals surface area (Å²) in [6.07, 6.45) is 5.47. The number of carboxylic acids is 1. The van der Waals surface area contributed by atoms with Crippen molar-refractivity contribution in [1.29, 1.82) is 0 Å². The molecule has 0 spiro atoms. The molecule has 0 saturated carbocycles. The van der Waals surface area contributed by atoms with Crippen molar-refractivity contribution in [2.75, 3.05) is 0 Å². The van der Waals surface area contributed by atoms with Gasteiger partial charge in [0.15, 0.2) is 0 Å². The topological polar surface area (TPSA) is 72.3 Å². The van der Waals surface area contributed by atoms with Gasteiger partial charge in [0.2, 0.25) is 0 Å². The van der Waals surface area contributed by atoms with Crippen LogP contribution in [0.4, 0.5) is 0 Å². The van der Waals surface area contributed by atoms with Crippen LogP contribution in [0.25, 0.3) is 6.08 Å². The monoisotopic (exact) mass is 208 g/mol. The van der Waals surface area contributed by atoms with Gasteiger partial charge in [0.1, 0.15) is 0 Å². The Kier molecular flexibility index (Phi) is 3.79. The molecule has 80 valence electrons. The number of hydrogen-bond acceptors (Lipinski definition) is 4. The second kappa shape index (κ2) is 5.09. The average molecular weight is 208 g/mol. The molecule has 0 unspecified atom stereocenters. The third-order valence-electron chi connectivity index (χ3n) is 1.41. The van der Waals surface area contributed by atoms with Crippen LogP contribution in [-0.2, 0) is 4.79 Å². The molecule has 0 saturated heterocycles. The molecule has 5 nitrogen and oxygen atoms in total. The van der Waals surface area contributed by atoms with Crippen molar-refractivity contribution in [3.05, 3.63) is 24.0 Å². The molecule has 0 radical (unpaired) electrons. The highest BCUT2D eigenvalue weighted by atomic mass is 16.5. The van der Waals surface area contributed by atoms with Gasteiger partial charge in [-0.25, -0.2) is 14.8 Å². The smallest absolute Gasteiger partial charge is 0.328 e.